The Labute approximate surface area is 146 Å². The summed E-state index contributed by atoms with van der Waals surface area (Å²) in [6.45, 7) is 0. The number of rotatable bonds is 2. The minimum atomic E-state index is -0.285. The Balaban J connectivity index is 1.78. The second-order valence-electron chi connectivity index (χ2n) is 6.04. The quantitative estimate of drug-likeness (QED) is 0.483. The van der Waals surface area contributed by atoms with E-state index in [9.17, 15) is 9.59 Å². The van der Waals surface area contributed by atoms with Gasteiger partial charge in [0.2, 0.25) is 0 Å². The van der Waals surface area contributed by atoms with Crippen LogP contribution in [0.25, 0.3) is 32.6 Å². The number of aromatic nitrogens is 3. The van der Waals surface area contributed by atoms with Crippen LogP contribution in [-0.4, -0.2) is 20.9 Å². The number of carbonyl (C=O) groups excluding carboxylic acids is 1. The summed E-state index contributed by atoms with van der Waals surface area (Å²) in [4.78, 5) is 36.5. The van der Waals surface area contributed by atoms with Crippen LogP contribution >= 0.6 is 0 Å². The highest BCUT2D eigenvalue weighted by Crippen LogP contribution is 2.33. The van der Waals surface area contributed by atoms with Gasteiger partial charge in [-0.3, -0.25) is 9.59 Å². The predicted octanol–water partition coefficient (Wildman–Crippen LogP) is 3.31. The molecule has 0 spiro atoms. The van der Waals surface area contributed by atoms with E-state index in [0.29, 0.717) is 16.8 Å². The average molecular weight is 340 g/mol. The first kappa shape index (κ1) is 14.5. The molecule has 0 saturated carbocycles. The highest BCUT2D eigenvalue weighted by atomic mass is 16.2. The van der Waals surface area contributed by atoms with Gasteiger partial charge in [0.25, 0.3) is 11.5 Å². The zero-order chi connectivity index (χ0) is 17.7. The Morgan fingerprint density at radius 2 is 1.54 bits per heavy atom. The van der Waals surface area contributed by atoms with E-state index in [1.165, 1.54) is 6.33 Å². The summed E-state index contributed by atoms with van der Waals surface area (Å²) in [7, 11) is 0. The molecule has 5 aromatic rings. The van der Waals surface area contributed by atoms with Crippen LogP contribution in [0.4, 0.5) is 5.82 Å². The highest BCUT2D eigenvalue weighted by Gasteiger charge is 2.16. The molecule has 2 N–H and O–H groups in total. The van der Waals surface area contributed by atoms with Crippen molar-refractivity contribution in [2.24, 2.45) is 0 Å². The molecule has 0 fully saturated rings. The third-order valence-corrected chi connectivity index (χ3v) is 4.54. The van der Waals surface area contributed by atoms with Crippen molar-refractivity contribution in [3.05, 3.63) is 76.8 Å². The van der Waals surface area contributed by atoms with Gasteiger partial charge in [-0.2, -0.15) is 0 Å². The minimum Gasteiger partial charge on any atom is -0.308 e. The number of aromatic amines is 1. The fourth-order valence-corrected chi connectivity index (χ4v) is 3.35. The van der Waals surface area contributed by atoms with Crippen molar-refractivity contribution in [2.75, 3.05) is 5.32 Å². The van der Waals surface area contributed by atoms with E-state index in [0.717, 1.165) is 27.2 Å². The van der Waals surface area contributed by atoms with Gasteiger partial charge in [-0.25, -0.2) is 9.97 Å². The van der Waals surface area contributed by atoms with E-state index in [4.69, 9.17) is 0 Å². The highest BCUT2D eigenvalue weighted by molar-refractivity contribution is 6.24. The molecule has 0 aliphatic rings. The number of nitrogens with one attached hydrogen (secondary N) is 2. The normalized spacial score (nSPS) is 11.4. The van der Waals surface area contributed by atoms with Gasteiger partial charge in [0.05, 0.1) is 11.0 Å². The summed E-state index contributed by atoms with van der Waals surface area (Å²) in [6, 6.07) is 16.1. The lowest BCUT2D eigenvalue weighted by atomic mass is 10.00. The molecule has 0 radical (unpaired) electrons. The van der Waals surface area contributed by atoms with Gasteiger partial charge in [-0.15, -0.1) is 0 Å². The molecule has 0 saturated heterocycles. The fourth-order valence-electron chi connectivity index (χ4n) is 3.35. The maximum atomic E-state index is 12.6. The largest absolute Gasteiger partial charge is 0.308 e. The van der Waals surface area contributed by atoms with E-state index in [1.807, 2.05) is 24.3 Å². The van der Waals surface area contributed by atoms with Crippen LogP contribution in [0.15, 0.2) is 65.7 Å². The van der Waals surface area contributed by atoms with Crippen LogP contribution in [0.5, 0.6) is 0 Å². The molecule has 2 heterocycles. The number of pyridine rings is 1. The molecule has 0 atom stereocenters. The van der Waals surface area contributed by atoms with Crippen molar-refractivity contribution in [3.63, 3.8) is 0 Å². The molecule has 0 bridgehead atoms. The summed E-state index contributed by atoms with van der Waals surface area (Å²) in [6.07, 6.45) is 1.50. The van der Waals surface area contributed by atoms with Crippen LogP contribution in [0, 0.1) is 0 Å². The van der Waals surface area contributed by atoms with Crippen molar-refractivity contribution < 1.29 is 4.79 Å². The standard InChI is InChI=1S/C20H12N4O2/c25-19(11-4-2-1-3-5-11)23-18-12-6-8-14-17-15(22-10-21-14)9-7-13(16(12)17)20(26)24-18/h1-10H,(H2,23,24,25,26). The van der Waals surface area contributed by atoms with Gasteiger partial charge in [-0.1, -0.05) is 18.2 Å². The maximum absolute atomic E-state index is 12.6. The van der Waals surface area contributed by atoms with Crippen molar-refractivity contribution >= 4 is 44.3 Å². The summed E-state index contributed by atoms with van der Waals surface area (Å²) < 4.78 is 0. The molecule has 124 valence electrons. The topological polar surface area (TPSA) is 87.7 Å². The average Bonchev–Trinajstić information content (AvgIpc) is 2.68. The Hall–Kier alpha value is -3.80. The van der Waals surface area contributed by atoms with Crippen molar-refractivity contribution in [1.82, 2.24) is 15.0 Å². The summed E-state index contributed by atoms with van der Waals surface area (Å²) in [5.74, 6) is 0.0853. The molecular weight excluding hydrogens is 328 g/mol. The van der Waals surface area contributed by atoms with Gasteiger partial charge >= 0.3 is 0 Å². The Morgan fingerprint density at radius 3 is 2.27 bits per heavy atom. The first-order valence-electron chi connectivity index (χ1n) is 8.10. The van der Waals surface area contributed by atoms with Crippen molar-refractivity contribution in [3.8, 4) is 0 Å². The number of hydrogen-bond acceptors (Lipinski definition) is 4. The lowest BCUT2D eigenvalue weighted by molar-refractivity contribution is 0.102. The molecule has 0 aliphatic carbocycles. The second kappa shape index (κ2) is 5.35. The summed E-state index contributed by atoms with van der Waals surface area (Å²) in [5, 5.41) is 5.69. The number of amides is 1. The Kier molecular flexibility index (Phi) is 2.99. The number of carbonyl (C=O) groups is 1. The molecule has 0 aliphatic heterocycles. The van der Waals surface area contributed by atoms with E-state index in [1.54, 1.807) is 30.3 Å². The van der Waals surface area contributed by atoms with Crippen LogP contribution in [0.1, 0.15) is 10.4 Å². The Bertz CT molecular complexity index is 1330. The molecule has 0 unspecified atom stereocenters. The smallest absolute Gasteiger partial charge is 0.257 e. The van der Waals surface area contributed by atoms with Crippen LogP contribution in [0.3, 0.4) is 0 Å². The summed E-state index contributed by atoms with van der Waals surface area (Å²) in [5.41, 5.74) is 1.78. The van der Waals surface area contributed by atoms with Crippen LogP contribution in [-0.2, 0) is 0 Å². The third kappa shape index (κ3) is 2.05. The number of nitrogens with zero attached hydrogens (tertiary/aromatic N) is 2. The molecule has 3 aromatic carbocycles. The van der Waals surface area contributed by atoms with Gasteiger partial charge in [0.15, 0.2) is 0 Å². The lowest BCUT2D eigenvalue weighted by Crippen LogP contribution is -2.17. The molecular formula is C20H12N4O2. The third-order valence-electron chi connectivity index (χ3n) is 4.54. The van der Waals surface area contributed by atoms with Gasteiger partial charge in [-0.05, 0) is 36.4 Å². The first-order chi connectivity index (χ1) is 12.7. The van der Waals surface area contributed by atoms with Crippen LogP contribution < -0.4 is 10.9 Å². The molecule has 6 nitrogen and oxygen atoms in total. The second-order valence-corrected chi connectivity index (χ2v) is 6.04. The molecule has 6 heteroatoms. The monoisotopic (exact) mass is 340 g/mol. The molecule has 2 aromatic heterocycles. The SMILES string of the molecule is O=C(Nc1[nH]c(=O)c2ccc3ncnc4ccc1c2c43)c1ccccc1. The number of hydrogen-bond donors (Lipinski definition) is 2. The molecule has 26 heavy (non-hydrogen) atoms. The molecule has 5 rings (SSSR count). The fraction of sp³-hybridized carbons (Fsp3) is 0. The minimum absolute atomic E-state index is 0.265. The van der Waals surface area contributed by atoms with Gasteiger partial charge in [0.1, 0.15) is 12.1 Å². The number of benzene rings is 3. The zero-order valence-electron chi connectivity index (χ0n) is 13.5. The van der Waals surface area contributed by atoms with Crippen LogP contribution in [0.2, 0.25) is 0 Å². The number of H-pyrrole nitrogens is 1. The van der Waals surface area contributed by atoms with Gasteiger partial charge in [0, 0.05) is 27.1 Å². The maximum Gasteiger partial charge on any atom is 0.257 e. The van der Waals surface area contributed by atoms with Crippen molar-refractivity contribution in [1.29, 1.82) is 0 Å². The van der Waals surface area contributed by atoms with E-state index < -0.39 is 0 Å². The zero-order valence-corrected chi connectivity index (χ0v) is 13.5. The molecule has 1 amide bonds. The van der Waals surface area contributed by atoms with Crippen molar-refractivity contribution in [2.45, 2.75) is 0 Å². The Morgan fingerprint density at radius 1 is 0.846 bits per heavy atom. The first-order valence-corrected chi connectivity index (χ1v) is 8.10. The van der Waals surface area contributed by atoms with E-state index >= 15 is 0 Å². The van der Waals surface area contributed by atoms with E-state index in [2.05, 4.69) is 20.3 Å². The summed E-state index contributed by atoms with van der Waals surface area (Å²) >= 11 is 0. The predicted molar refractivity (Wildman–Crippen MR) is 101 cm³/mol. The number of anilines is 1. The van der Waals surface area contributed by atoms with Gasteiger partial charge < -0.3 is 10.3 Å². The van der Waals surface area contributed by atoms with E-state index in [-0.39, 0.29) is 11.5 Å². The lowest BCUT2D eigenvalue weighted by Gasteiger charge is -2.13.